The van der Waals surface area contributed by atoms with Gasteiger partial charge >= 0.3 is 6.01 Å². The zero-order valence-electron chi connectivity index (χ0n) is 21.4. The molecule has 2 heterocycles. The van der Waals surface area contributed by atoms with Crippen molar-refractivity contribution in [1.29, 1.82) is 0 Å². The summed E-state index contributed by atoms with van der Waals surface area (Å²) in [5.74, 6) is -0.653. The Morgan fingerprint density at radius 3 is 2.89 bits per heavy atom. The van der Waals surface area contributed by atoms with Crippen molar-refractivity contribution in [3.05, 3.63) is 59.7 Å². The van der Waals surface area contributed by atoms with Gasteiger partial charge in [0.15, 0.2) is 5.83 Å². The van der Waals surface area contributed by atoms with E-state index in [0.717, 1.165) is 31.4 Å². The predicted molar refractivity (Wildman–Crippen MR) is 142 cm³/mol. The van der Waals surface area contributed by atoms with Crippen LogP contribution < -0.4 is 15.4 Å². The molecule has 7 nitrogen and oxygen atoms in total. The maximum absolute atomic E-state index is 15.6. The van der Waals surface area contributed by atoms with Gasteiger partial charge in [0.2, 0.25) is 0 Å². The fourth-order valence-corrected chi connectivity index (χ4v) is 5.92. The Kier molecular flexibility index (Phi) is 6.47. The van der Waals surface area contributed by atoms with Crippen molar-refractivity contribution in [2.75, 3.05) is 38.6 Å². The number of fused-ring (bicyclic) bond motifs is 4. The first-order valence-corrected chi connectivity index (χ1v) is 13.2. The summed E-state index contributed by atoms with van der Waals surface area (Å²) < 4.78 is 34.6. The molecule has 0 bridgehead atoms. The first-order valence-electron chi connectivity index (χ1n) is 13.2. The van der Waals surface area contributed by atoms with E-state index in [4.69, 9.17) is 4.74 Å². The van der Waals surface area contributed by atoms with Crippen LogP contribution in [0.5, 0.6) is 6.01 Å². The summed E-state index contributed by atoms with van der Waals surface area (Å²) in [4.78, 5) is 22.9. The van der Waals surface area contributed by atoms with Gasteiger partial charge in [-0.25, -0.2) is 8.78 Å². The number of likely N-dealkylation sites (tertiary alicyclic amines) is 1. The smallest absolute Gasteiger partial charge is 0.318 e. The molecule has 3 atom stereocenters. The number of aromatic nitrogens is 2. The number of benzene rings is 2. The lowest BCUT2D eigenvalue weighted by Crippen LogP contribution is -2.31. The Labute approximate surface area is 220 Å². The summed E-state index contributed by atoms with van der Waals surface area (Å²) >= 11 is 0. The molecule has 2 N–H and O–H groups in total. The van der Waals surface area contributed by atoms with Crippen molar-refractivity contribution in [3.8, 4) is 17.1 Å². The molecule has 1 aliphatic heterocycles. The number of hydrogen-bond acceptors (Lipinski definition) is 6. The average molecular weight is 520 g/mol. The highest BCUT2D eigenvalue weighted by atomic mass is 19.1. The zero-order valence-corrected chi connectivity index (χ0v) is 21.4. The third-order valence-electron chi connectivity index (χ3n) is 8.05. The van der Waals surface area contributed by atoms with Gasteiger partial charge in [-0.3, -0.25) is 4.79 Å². The highest BCUT2D eigenvalue weighted by molar-refractivity contribution is 5.93. The molecule has 0 radical (unpaired) electrons. The topological polar surface area (TPSA) is 79.4 Å². The monoisotopic (exact) mass is 519 g/mol. The molecule has 1 saturated carbocycles. The average Bonchev–Trinajstić information content (AvgIpc) is 3.37. The number of halogens is 2. The highest BCUT2D eigenvalue weighted by Crippen LogP contribution is 2.58. The van der Waals surface area contributed by atoms with E-state index in [2.05, 4.69) is 45.2 Å². The molecule has 2 fully saturated rings. The SMILES string of the molecule is C=C(F)C(=O)NCCNc1nc(OC[C@@H]2CCCN2C)nc2cc(-c3cccc4c3C3CC3C4)c(F)cc12. The number of hydrogen-bond donors (Lipinski definition) is 2. The third-order valence-corrected chi connectivity index (χ3v) is 8.05. The van der Waals surface area contributed by atoms with Crippen LogP contribution in [0.4, 0.5) is 14.6 Å². The largest absolute Gasteiger partial charge is 0.462 e. The summed E-state index contributed by atoms with van der Waals surface area (Å²) in [7, 11) is 2.08. The maximum Gasteiger partial charge on any atom is 0.318 e. The first-order chi connectivity index (χ1) is 18.4. The molecule has 2 aromatic carbocycles. The van der Waals surface area contributed by atoms with Crippen LogP contribution >= 0.6 is 0 Å². The van der Waals surface area contributed by atoms with Gasteiger partial charge in [-0.05, 0) is 79.9 Å². The highest BCUT2D eigenvalue weighted by Gasteiger charge is 2.46. The number of nitrogens with zero attached hydrogens (tertiary/aromatic N) is 3. The molecule has 1 saturated heterocycles. The second-order valence-corrected chi connectivity index (χ2v) is 10.6. The van der Waals surface area contributed by atoms with E-state index in [1.165, 1.54) is 23.6 Å². The molecule has 38 heavy (non-hydrogen) atoms. The normalized spacial score (nSPS) is 21.7. The van der Waals surface area contributed by atoms with E-state index in [9.17, 15) is 9.18 Å². The number of rotatable bonds is 9. The number of likely N-dealkylation sites (N-methyl/N-ethyl adjacent to an activating group) is 1. The summed E-state index contributed by atoms with van der Waals surface area (Å²) in [6.07, 6.45) is 4.42. The molecule has 3 aliphatic rings. The fourth-order valence-electron chi connectivity index (χ4n) is 5.92. The Hall–Kier alpha value is -3.59. The lowest BCUT2D eigenvalue weighted by atomic mass is 9.93. The summed E-state index contributed by atoms with van der Waals surface area (Å²) in [5, 5.41) is 6.06. The molecule has 1 aromatic heterocycles. The molecule has 198 valence electrons. The Bertz CT molecular complexity index is 1430. The second kappa shape index (κ2) is 9.94. The van der Waals surface area contributed by atoms with E-state index in [1.54, 1.807) is 6.07 Å². The zero-order chi connectivity index (χ0) is 26.4. The molecule has 9 heteroatoms. The van der Waals surface area contributed by atoms with Crippen LogP contribution in [-0.2, 0) is 11.2 Å². The van der Waals surface area contributed by atoms with Crippen molar-refractivity contribution in [2.24, 2.45) is 5.92 Å². The van der Waals surface area contributed by atoms with Crippen molar-refractivity contribution in [1.82, 2.24) is 20.2 Å². The van der Waals surface area contributed by atoms with Crippen LogP contribution in [0.1, 0.15) is 36.3 Å². The van der Waals surface area contributed by atoms with Gasteiger partial charge in [0.25, 0.3) is 5.91 Å². The summed E-state index contributed by atoms with van der Waals surface area (Å²) in [6.45, 7) is 4.86. The van der Waals surface area contributed by atoms with Crippen LogP contribution in [0.15, 0.2) is 42.7 Å². The van der Waals surface area contributed by atoms with Crippen molar-refractivity contribution in [2.45, 2.75) is 37.6 Å². The van der Waals surface area contributed by atoms with E-state index in [0.29, 0.717) is 40.7 Å². The summed E-state index contributed by atoms with van der Waals surface area (Å²) in [5.41, 5.74) is 4.62. The van der Waals surface area contributed by atoms with E-state index in [1.807, 2.05) is 12.1 Å². The standard InChI is InChI=1S/C29H31F2N5O2/c1-16(30)28(37)33-9-8-32-27-23-13-24(31)22(20-7-3-5-17-11-18-12-21(18)26(17)20)14-25(23)34-29(35-27)38-15-19-6-4-10-36(19)2/h3,5,7,13-14,18-19,21H,1,4,6,8-12,15H2,2H3,(H,33,37)(H,32,34,35)/t18?,19-,21?/m0/s1. The van der Waals surface area contributed by atoms with Gasteiger partial charge in [0, 0.05) is 30.1 Å². The lowest BCUT2D eigenvalue weighted by Gasteiger charge is -2.19. The third kappa shape index (κ3) is 4.71. The van der Waals surface area contributed by atoms with Crippen molar-refractivity contribution < 1.29 is 18.3 Å². The lowest BCUT2D eigenvalue weighted by molar-refractivity contribution is -0.118. The number of nitrogens with one attached hydrogen (secondary N) is 2. The number of carbonyl (C=O) groups excluding carboxylic acids is 1. The van der Waals surface area contributed by atoms with Gasteiger partial charge in [-0.2, -0.15) is 9.97 Å². The van der Waals surface area contributed by atoms with Crippen LogP contribution in [0.25, 0.3) is 22.0 Å². The molecular formula is C29H31F2N5O2. The van der Waals surface area contributed by atoms with E-state index < -0.39 is 11.7 Å². The van der Waals surface area contributed by atoms with E-state index >= 15 is 4.39 Å². The number of carbonyl (C=O) groups is 1. The van der Waals surface area contributed by atoms with Gasteiger partial charge in [-0.15, -0.1) is 0 Å². The summed E-state index contributed by atoms with van der Waals surface area (Å²) in [6, 6.07) is 9.89. The minimum Gasteiger partial charge on any atom is -0.462 e. The molecule has 2 unspecified atom stereocenters. The van der Waals surface area contributed by atoms with E-state index in [-0.39, 0.29) is 31.0 Å². The van der Waals surface area contributed by atoms with Crippen LogP contribution in [0, 0.1) is 11.7 Å². The number of anilines is 1. The number of amides is 1. The van der Waals surface area contributed by atoms with Gasteiger partial charge in [-0.1, -0.05) is 24.8 Å². The molecule has 6 rings (SSSR count). The Balaban J connectivity index is 1.33. The van der Waals surface area contributed by atoms with Crippen LogP contribution in [0.2, 0.25) is 0 Å². The van der Waals surface area contributed by atoms with Crippen molar-refractivity contribution >= 4 is 22.6 Å². The Morgan fingerprint density at radius 1 is 1.24 bits per heavy atom. The molecular weight excluding hydrogens is 488 g/mol. The molecule has 2 aliphatic carbocycles. The predicted octanol–water partition coefficient (Wildman–Crippen LogP) is 4.58. The van der Waals surface area contributed by atoms with Gasteiger partial charge in [0.1, 0.15) is 18.2 Å². The Morgan fingerprint density at radius 2 is 2.11 bits per heavy atom. The quantitative estimate of drug-likeness (QED) is 0.318. The first kappa shape index (κ1) is 24.7. The minimum absolute atomic E-state index is 0.135. The van der Waals surface area contributed by atoms with Crippen LogP contribution in [0.3, 0.4) is 0 Å². The minimum atomic E-state index is -1.05. The maximum atomic E-state index is 15.6. The van der Waals surface area contributed by atoms with Crippen LogP contribution in [-0.4, -0.2) is 60.1 Å². The fraction of sp³-hybridized carbons (Fsp3) is 0.414. The molecule has 0 spiro atoms. The van der Waals surface area contributed by atoms with Crippen molar-refractivity contribution in [3.63, 3.8) is 0 Å². The molecule has 3 aromatic rings. The van der Waals surface area contributed by atoms with Gasteiger partial charge < -0.3 is 20.3 Å². The second-order valence-electron chi connectivity index (χ2n) is 10.6. The van der Waals surface area contributed by atoms with Gasteiger partial charge in [0.05, 0.1) is 5.52 Å². The molecule has 1 amide bonds. The number of ether oxygens (including phenoxy) is 1.